The molecule has 18 heavy (non-hydrogen) atoms. The predicted molar refractivity (Wildman–Crippen MR) is 76.6 cm³/mol. The first-order valence-electron chi connectivity index (χ1n) is 6.22. The van der Waals surface area contributed by atoms with Crippen molar-refractivity contribution in [2.75, 3.05) is 6.54 Å². The second-order valence-corrected chi connectivity index (χ2v) is 5.78. The van der Waals surface area contributed by atoms with Gasteiger partial charge in [-0.15, -0.1) is 0 Å². The van der Waals surface area contributed by atoms with Crippen LogP contribution in [0.4, 0.5) is 4.39 Å². The van der Waals surface area contributed by atoms with Gasteiger partial charge in [0.15, 0.2) is 0 Å². The van der Waals surface area contributed by atoms with Crippen LogP contribution in [0.5, 0.6) is 0 Å². The quantitative estimate of drug-likeness (QED) is 0.619. The van der Waals surface area contributed by atoms with Crippen molar-refractivity contribution in [2.24, 2.45) is 0 Å². The van der Waals surface area contributed by atoms with E-state index in [1.807, 2.05) is 6.08 Å². The van der Waals surface area contributed by atoms with Gasteiger partial charge in [0, 0.05) is 10.6 Å². The summed E-state index contributed by atoms with van der Waals surface area (Å²) < 4.78 is 13.0. The predicted octanol–water partition coefficient (Wildman–Crippen LogP) is 4.36. The third-order valence-corrected chi connectivity index (χ3v) is 2.85. The maximum absolute atomic E-state index is 13.0. The van der Waals surface area contributed by atoms with E-state index in [9.17, 15) is 4.39 Å². The molecule has 100 valence electrons. The average Bonchev–Trinajstić information content (AvgIpc) is 2.26. The van der Waals surface area contributed by atoms with Crippen LogP contribution in [-0.4, -0.2) is 12.1 Å². The summed E-state index contributed by atoms with van der Waals surface area (Å²) in [5, 5.41) is 4.02. The smallest absolute Gasteiger partial charge is 0.123 e. The van der Waals surface area contributed by atoms with E-state index in [4.69, 9.17) is 11.6 Å². The van der Waals surface area contributed by atoms with Crippen molar-refractivity contribution in [3.8, 4) is 0 Å². The summed E-state index contributed by atoms with van der Waals surface area (Å²) in [6, 6.07) is 4.46. The van der Waals surface area contributed by atoms with Gasteiger partial charge in [-0.25, -0.2) is 4.39 Å². The molecule has 0 aliphatic heterocycles. The molecule has 0 saturated carbocycles. The highest BCUT2D eigenvalue weighted by Gasteiger charge is 2.06. The van der Waals surface area contributed by atoms with E-state index in [-0.39, 0.29) is 11.4 Å². The Morgan fingerprint density at radius 3 is 2.67 bits per heavy atom. The monoisotopic (exact) mass is 269 g/mol. The average molecular weight is 270 g/mol. The normalized spacial score (nSPS) is 12.3. The van der Waals surface area contributed by atoms with Gasteiger partial charge < -0.3 is 5.32 Å². The summed E-state index contributed by atoms with van der Waals surface area (Å²) in [6.07, 6.45) is 5.77. The molecule has 0 radical (unpaired) electrons. The topological polar surface area (TPSA) is 12.0 Å². The van der Waals surface area contributed by atoms with Gasteiger partial charge in [0.2, 0.25) is 0 Å². The molecule has 3 heteroatoms. The molecule has 0 saturated heterocycles. The highest BCUT2D eigenvalue weighted by atomic mass is 35.5. The molecule has 0 aliphatic carbocycles. The van der Waals surface area contributed by atoms with Crippen LogP contribution in [-0.2, 0) is 6.42 Å². The van der Waals surface area contributed by atoms with Crippen molar-refractivity contribution >= 4 is 11.6 Å². The summed E-state index contributed by atoms with van der Waals surface area (Å²) in [6.45, 7) is 7.37. The minimum absolute atomic E-state index is 0.152. The van der Waals surface area contributed by atoms with Gasteiger partial charge in [-0.3, -0.25) is 0 Å². The maximum atomic E-state index is 13.0. The molecular formula is C15H21ClFN. The first-order valence-corrected chi connectivity index (χ1v) is 6.60. The van der Waals surface area contributed by atoms with E-state index in [2.05, 4.69) is 32.2 Å². The first kappa shape index (κ1) is 15.2. The van der Waals surface area contributed by atoms with Crippen molar-refractivity contribution < 1.29 is 4.39 Å². The van der Waals surface area contributed by atoms with E-state index in [1.54, 1.807) is 6.07 Å². The summed E-state index contributed by atoms with van der Waals surface area (Å²) in [5.41, 5.74) is 0.983. The molecule has 1 nitrogen and oxygen atoms in total. The third-order valence-electron chi connectivity index (χ3n) is 2.48. The number of nitrogens with one attached hydrogen (secondary N) is 1. The molecule has 0 fully saturated rings. The van der Waals surface area contributed by atoms with Gasteiger partial charge in [0.05, 0.1) is 0 Å². The first-order chi connectivity index (χ1) is 8.38. The molecule has 0 amide bonds. The number of hydrogen-bond donors (Lipinski definition) is 1. The fourth-order valence-corrected chi connectivity index (χ4v) is 1.75. The minimum Gasteiger partial charge on any atom is -0.312 e. The van der Waals surface area contributed by atoms with E-state index in [0.717, 1.165) is 18.5 Å². The van der Waals surface area contributed by atoms with Crippen LogP contribution in [0.25, 0.3) is 0 Å². The molecular weight excluding hydrogens is 249 g/mol. The van der Waals surface area contributed by atoms with Crippen LogP contribution >= 0.6 is 11.6 Å². The molecule has 1 rings (SSSR count). The third kappa shape index (κ3) is 6.18. The van der Waals surface area contributed by atoms with Crippen molar-refractivity contribution in [1.29, 1.82) is 0 Å². The Kier molecular flexibility index (Phi) is 5.83. The van der Waals surface area contributed by atoms with E-state index < -0.39 is 0 Å². The zero-order chi connectivity index (χ0) is 13.6. The lowest BCUT2D eigenvalue weighted by atomic mass is 10.1. The Bertz CT molecular complexity index is 407. The molecule has 0 heterocycles. The van der Waals surface area contributed by atoms with Crippen molar-refractivity contribution in [3.05, 3.63) is 46.8 Å². The summed E-state index contributed by atoms with van der Waals surface area (Å²) in [4.78, 5) is 0. The summed E-state index contributed by atoms with van der Waals surface area (Å²) >= 11 is 5.98. The number of halogens is 2. The second-order valence-electron chi connectivity index (χ2n) is 5.38. The molecule has 0 aromatic heterocycles. The number of rotatable bonds is 5. The van der Waals surface area contributed by atoms with Gasteiger partial charge in [-0.05, 0) is 63.9 Å². The highest BCUT2D eigenvalue weighted by molar-refractivity contribution is 6.31. The summed E-state index contributed by atoms with van der Waals surface area (Å²) in [5.74, 6) is -0.239. The largest absolute Gasteiger partial charge is 0.312 e. The van der Waals surface area contributed by atoms with E-state index in [0.29, 0.717) is 11.4 Å². The molecule has 1 aromatic rings. The van der Waals surface area contributed by atoms with Crippen molar-refractivity contribution in [2.45, 2.75) is 39.2 Å². The lowest BCUT2D eigenvalue weighted by Gasteiger charge is -2.19. The van der Waals surface area contributed by atoms with Gasteiger partial charge >= 0.3 is 0 Å². The van der Waals surface area contributed by atoms with Crippen LogP contribution < -0.4 is 5.32 Å². The van der Waals surface area contributed by atoms with Crippen LogP contribution in [0.3, 0.4) is 0 Å². The summed E-state index contributed by atoms with van der Waals surface area (Å²) in [7, 11) is 0. The fourth-order valence-electron chi connectivity index (χ4n) is 1.56. The SMILES string of the molecule is CC(C)(C)NCC/C=C/Cc1cc(F)ccc1Cl. The van der Waals surface area contributed by atoms with Crippen molar-refractivity contribution in [3.63, 3.8) is 0 Å². The molecule has 0 aliphatic rings. The van der Waals surface area contributed by atoms with E-state index in [1.165, 1.54) is 12.1 Å². The Morgan fingerprint density at radius 2 is 2.00 bits per heavy atom. The Balaban J connectivity index is 2.34. The maximum Gasteiger partial charge on any atom is 0.123 e. The standard InChI is InChI=1S/C15H21ClFN/c1-15(2,3)18-10-6-4-5-7-12-11-13(17)8-9-14(12)16/h4-5,8-9,11,18H,6-7,10H2,1-3H3/b5-4+. The zero-order valence-corrected chi connectivity index (χ0v) is 12.0. The fraction of sp³-hybridized carbons (Fsp3) is 0.467. The molecule has 0 bridgehead atoms. The zero-order valence-electron chi connectivity index (χ0n) is 11.3. The number of benzene rings is 1. The number of allylic oxidation sites excluding steroid dienone is 1. The van der Waals surface area contributed by atoms with E-state index >= 15 is 0 Å². The minimum atomic E-state index is -0.239. The van der Waals surface area contributed by atoms with Gasteiger partial charge in [-0.1, -0.05) is 23.8 Å². The molecule has 1 aromatic carbocycles. The lowest BCUT2D eigenvalue weighted by Crippen LogP contribution is -2.36. The van der Waals surface area contributed by atoms with Crippen LogP contribution in [0.2, 0.25) is 5.02 Å². The molecule has 0 unspecified atom stereocenters. The highest BCUT2D eigenvalue weighted by Crippen LogP contribution is 2.17. The lowest BCUT2D eigenvalue weighted by molar-refractivity contribution is 0.431. The Labute approximate surface area is 114 Å². The van der Waals surface area contributed by atoms with Crippen LogP contribution in [0, 0.1) is 5.82 Å². The second kappa shape index (κ2) is 6.91. The number of hydrogen-bond acceptors (Lipinski definition) is 1. The van der Waals surface area contributed by atoms with Crippen LogP contribution in [0.1, 0.15) is 32.8 Å². The van der Waals surface area contributed by atoms with Gasteiger partial charge in [0.25, 0.3) is 0 Å². The van der Waals surface area contributed by atoms with Gasteiger partial charge in [-0.2, -0.15) is 0 Å². The molecule has 1 N–H and O–H groups in total. The Hall–Kier alpha value is -0.860. The molecule has 0 spiro atoms. The molecule has 0 atom stereocenters. The van der Waals surface area contributed by atoms with Gasteiger partial charge in [0.1, 0.15) is 5.82 Å². The van der Waals surface area contributed by atoms with Crippen LogP contribution in [0.15, 0.2) is 30.4 Å². The Morgan fingerprint density at radius 1 is 1.28 bits per heavy atom. The van der Waals surface area contributed by atoms with Crippen molar-refractivity contribution in [1.82, 2.24) is 5.32 Å².